The van der Waals surface area contributed by atoms with Crippen molar-refractivity contribution in [2.45, 2.75) is 37.8 Å². The number of hydrogen-bond donors (Lipinski definition) is 2. The summed E-state index contributed by atoms with van der Waals surface area (Å²) in [5, 5.41) is 0. The van der Waals surface area contributed by atoms with E-state index in [1.54, 1.807) is 4.90 Å². The number of likely N-dealkylation sites (tertiary alicyclic amines) is 1. The van der Waals surface area contributed by atoms with E-state index < -0.39 is 11.9 Å². The molecule has 0 bridgehead atoms. The molecular formula is C15H21N3O2. The molecule has 2 amide bonds. The highest BCUT2D eigenvalue weighted by Crippen LogP contribution is 2.21. The Morgan fingerprint density at radius 1 is 1.30 bits per heavy atom. The third-order valence-electron chi connectivity index (χ3n) is 3.80. The summed E-state index contributed by atoms with van der Waals surface area (Å²) in [6, 6.07) is 9.11. The van der Waals surface area contributed by atoms with E-state index in [1.807, 2.05) is 30.3 Å². The molecule has 1 aromatic carbocycles. The number of rotatable bonds is 5. The first-order valence-corrected chi connectivity index (χ1v) is 6.99. The molecule has 1 aromatic rings. The van der Waals surface area contributed by atoms with Crippen molar-refractivity contribution in [3.05, 3.63) is 35.9 Å². The summed E-state index contributed by atoms with van der Waals surface area (Å²) in [4.78, 5) is 25.0. The zero-order valence-corrected chi connectivity index (χ0v) is 11.5. The number of primary amides is 1. The number of carbonyl (C=O) groups excluding carboxylic acids is 2. The van der Waals surface area contributed by atoms with Crippen LogP contribution in [0.5, 0.6) is 0 Å². The first-order chi connectivity index (χ1) is 9.59. The number of carbonyl (C=O) groups is 2. The van der Waals surface area contributed by atoms with Crippen molar-refractivity contribution >= 4 is 11.8 Å². The Labute approximate surface area is 118 Å². The van der Waals surface area contributed by atoms with Crippen molar-refractivity contribution in [3.8, 4) is 0 Å². The number of amides is 2. The number of benzene rings is 1. The molecule has 5 heteroatoms. The molecule has 1 aliphatic rings. The highest BCUT2D eigenvalue weighted by Gasteiger charge is 2.32. The Morgan fingerprint density at radius 3 is 2.65 bits per heavy atom. The van der Waals surface area contributed by atoms with E-state index in [0.29, 0.717) is 25.8 Å². The van der Waals surface area contributed by atoms with Gasteiger partial charge in [0.2, 0.25) is 11.8 Å². The van der Waals surface area contributed by atoms with Crippen molar-refractivity contribution < 1.29 is 9.59 Å². The minimum absolute atomic E-state index is 0.0299. The molecule has 0 spiro atoms. The SMILES string of the molecule is NC(=O)C1CCCN1C(=O)CCC(N)c1ccccc1. The standard InChI is InChI=1S/C15H21N3O2/c16-12(11-5-2-1-3-6-11)8-9-14(19)18-10-4-7-13(18)15(17)20/h1-3,5-6,12-13H,4,7-10,16H2,(H2,17,20). The van der Waals surface area contributed by atoms with Crippen molar-refractivity contribution in [2.24, 2.45) is 11.5 Å². The van der Waals surface area contributed by atoms with Crippen LogP contribution in [-0.2, 0) is 9.59 Å². The Balaban J connectivity index is 1.87. The van der Waals surface area contributed by atoms with Gasteiger partial charge in [-0.3, -0.25) is 9.59 Å². The number of nitrogens with zero attached hydrogens (tertiary/aromatic N) is 1. The quantitative estimate of drug-likeness (QED) is 0.838. The first-order valence-electron chi connectivity index (χ1n) is 6.99. The first kappa shape index (κ1) is 14.5. The van der Waals surface area contributed by atoms with Gasteiger partial charge in [-0.15, -0.1) is 0 Å². The summed E-state index contributed by atoms with van der Waals surface area (Å²) in [5.74, 6) is -0.444. The molecule has 5 nitrogen and oxygen atoms in total. The predicted octanol–water partition coefficient (Wildman–Crippen LogP) is 0.943. The van der Waals surface area contributed by atoms with Gasteiger partial charge in [0.25, 0.3) is 0 Å². The van der Waals surface area contributed by atoms with Gasteiger partial charge in [0.1, 0.15) is 6.04 Å². The van der Waals surface area contributed by atoms with Crippen LogP contribution in [0.15, 0.2) is 30.3 Å². The van der Waals surface area contributed by atoms with E-state index in [4.69, 9.17) is 11.5 Å². The average molecular weight is 275 g/mol. The zero-order chi connectivity index (χ0) is 14.5. The number of hydrogen-bond acceptors (Lipinski definition) is 3. The molecule has 2 atom stereocenters. The van der Waals surface area contributed by atoms with Crippen molar-refractivity contribution in [1.29, 1.82) is 0 Å². The average Bonchev–Trinajstić information content (AvgIpc) is 2.95. The van der Waals surface area contributed by atoms with Gasteiger partial charge in [0.15, 0.2) is 0 Å². The largest absolute Gasteiger partial charge is 0.368 e. The highest BCUT2D eigenvalue weighted by molar-refractivity contribution is 5.87. The van der Waals surface area contributed by atoms with Gasteiger partial charge in [-0.2, -0.15) is 0 Å². The maximum Gasteiger partial charge on any atom is 0.240 e. The topological polar surface area (TPSA) is 89.4 Å². The van der Waals surface area contributed by atoms with Crippen LogP contribution in [0.3, 0.4) is 0 Å². The molecular weight excluding hydrogens is 254 g/mol. The lowest BCUT2D eigenvalue weighted by Crippen LogP contribution is -2.43. The van der Waals surface area contributed by atoms with Gasteiger partial charge in [0, 0.05) is 19.0 Å². The molecule has 0 saturated carbocycles. The minimum atomic E-state index is -0.435. The van der Waals surface area contributed by atoms with Crippen LogP contribution >= 0.6 is 0 Å². The molecule has 1 saturated heterocycles. The summed E-state index contributed by atoms with van der Waals surface area (Å²) in [6.45, 7) is 0.618. The van der Waals surface area contributed by atoms with E-state index in [0.717, 1.165) is 12.0 Å². The Bertz CT molecular complexity index is 475. The molecule has 2 unspecified atom stereocenters. The van der Waals surface area contributed by atoms with Crippen LogP contribution in [-0.4, -0.2) is 29.3 Å². The molecule has 2 rings (SSSR count). The fourth-order valence-corrected chi connectivity index (χ4v) is 2.65. The van der Waals surface area contributed by atoms with Crippen LogP contribution in [0.2, 0.25) is 0 Å². The third-order valence-corrected chi connectivity index (χ3v) is 3.80. The second kappa shape index (κ2) is 6.52. The lowest BCUT2D eigenvalue weighted by atomic mass is 10.0. The Morgan fingerprint density at radius 2 is 2.00 bits per heavy atom. The molecule has 4 N–H and O–H groups in total. The lowest BCUT2D eigenvalue weighted by molar-refractivity contribution is -0.137. The minimum Gasteiger partial charge on any atom is -0.368 e. The summed E-state index contributed by atoms with van der Waals surface area (Å²) in [6.07, 6.45) is 2.43. The third kappa shape index (κ3) is 3.36. The molecule has 1 heterocycles. The van der Waals surface area contributed by atoms with E-state index >= 15 is 0 Å². The molecule has 1 aliphatic heterocycles. The van der Waals surface area contributed by atoms with Crippen molar-refractivity contribution in [1.82, 2.24) is 4.90 Å². The summed E-state index contributed by atoms with van der Waals surface area (Å²) < 4.78 is 0. The van der Waals surface area contributed by atoms with E-state index in [1.165, 1.54) is 0 Å². The number of nitrogens with two attached hydrogens (primary N) is 2. The molecule has 0 aliphatic carbocycles. The van der Waals surface area contributed by atoms with Crippen LogP contribution in [0, 0.1) is 0 Å². The maximum absolute atomic E-state index is 12.2. The summed E-state index contributed by atoms with van der Waals surface area (Å²) in [5.41, 5.74) is 12.4. The van der Waals surface area contributed by atoms with E-state index in [9.17, 15) is 9.59 Å². The van der Waals surface area contributed by atoms with Gasteiger partial charge in [0.05, 0.1) is 0 Å². The van der Waals surface area contributed by atoms with Gasteiger partial charge in [-0.25, -0.2) is 0 Å². The fourth-order valence-electron chi connectivity index (χ4n) is 2.65. The molecule has 0 aromatic heterocycles. The normalized spacial score (nSPS) is 19.9. The second-order valence-electron chi connectivity index (χ2n) is 5.20. The fraction of sp³-hybridized carbons (Fsp3) is 0.467. The van der Waals surface area contributed by atoms with Crippen LogP contribution in [0.4, 0.5) is 0 Å². The van der Waals surface area contributed by atoms with Gasteiger partial charge < -0.3 is 16.4 Å². The van der Waals surface area contributed by atoms with Gasteiger partial charge in [-0.05, 0) is 24.8 Å². The molecule has 0 radical (unpaired) electrons. The smallest absolute Gasteiger partial charge is 0.240 e. The van der Waals surface area contributed by atoms with Crippen LogP contribution < -0.4 is 11.5 Å². The van der Waals surface area contributed by atoms with Crippen molar-refractivity contribution in [2.75, 3.05) is 6.54 Å². The molecule has 1 fully saturated rings. The summed E-state index contributed by atoms with van der Waals surface area (Å²) in [7, 11) is 0. The highest BCUT2D eigenvalue weighted by atomic mass is 16.2. The van der Waals surface area contributed by atoms with Crippen LogP contribution in [0.1, 0.15) is 37.3 Å². The zero-order valence-electron chi connectivity index (χ0n) is 11.5. The lowest BCUT2D eigenvalue weighted by Gasteiger charge is -2.23. The van der Waals surface area contributed by atoms with Gasteiger partial charge >= 0.3 is 0 Å². The Kier molecular flexibility index (Phi) is 4.74. The molecule has 108 valence electrons. The predicted molar refractivity (Wildman–Crippen MR) is 76.5 cm³/mol. The van der Waals surface area contributed by atoms with E-state index in [2.05, 4.69) is 0 Å². The van der Waals surface area contributed by atoms with E-state index in [-0.39, 0.29) is 11.9 Å². The monoisotopic (exact) mass is 275 g/mol. The van der Waals surface area contributed by atoms with Crippen LogP contribution in [0.25, 0.3) is 0 Å². The van der Waals surface area contributed by atoms with Gasteiger partial charge in [-0.1, -0.05) is 30.3 Å². The molecule has 20 heavy (non-hydrogen) atoms. The Hall–Kier alpha value is -1.88. The second-order valence-corrected chi connectivity index (χ2v) is 5.20. The maximum atomic E-state index is 12.2. The van der Waals surface area contributed by atoms with Crippen molar-refractivity contribution in [3.63, 3.8) is 0 Å². The summed E-state index contributed by atoms with van der Waals surface area (Å²) >= 11 is 0.